The van der Waals surface area contributed by atoms with E-state index in [-0.39, 0.29) is 5.91 Å². The van der Waals surface area contributed by atoms with Gasteiger partial charge in [0.15, 0.2) is 0 Å². The van der Waals surface area contributed by atoms with Gasteiger partial charge in [0, 0.05) is 19.6 Å². The molecule has 3 N–H and O–H groups in total. The van der Waals surface area contributed by atoms with Gasteiger partial charge < -0.3 is 15.2 Å². The average molecular weight is 294 g/mol. The van der Waals surface area contributed by atoms with Crippen molar-refractivity contribution in [1.29, 1.82) is 0 Å². The van der Waals surface area contributed by atoms with Crippen molar-refractivity contribution in [1.82, 2.24) is 5.32 Å². The predicted molar refractivity (Wildman–Crippen MR) is 82.9 cm³/mol. The van der Waals surface area contributed by atoms with Gasteiger partial charge in [0.2, 0.25) is 5.91 Å². The first-order valence-corrected chi connectivity index (χ1v) is 7.43. The number of likely N-dealkylation sites (N-methyl/N-ethyl adjacent to an activating group) is 1. The molecule has 1 atom stereocenters. The summed E-state index contributed by atoms with van der Waals surface area (Å²) >= 11 is 0. The van der Waals surface area contributed by atoms with Gasteiger partial charge in [0.1, 0.15) is 5.54 Å². The molecule has 0 spiro atoms. The monoisotopic (exact) mass is 294 g/mol. The Bertz CT molecular complexity index is 411. The second-order valence-electron chi connectivity index (χ2n) is 4.73. The fraction of sp³-hybridized carbons (Fsp3) is 0.562. The molecule has 0 aliphatic heterocycles. The van der Waals surface area contributed by atoms with Crippen molar-refractivity contribution in [2.24, 2.45) is 5.73 Å². The van der Waals surface area contributed by atoms with Crippen LogP contribution in [0.5, 0.6) is 0 Å². The number of hydrogen-bond acceptors (Lipinski definition) is 4. The van der Waals surface area contributed by atoms with Gasteiger partial charge in [-0.05, 0) is 19.0 Å². The van der Waals surface area contributed by atoms with Crippen LogP contribution in [0.25, 0.3) is 0 Å². The van der Waals surface area contributed by atoms with E-state index in [0.29, 0.717) is 39.4 Å². The zero-order valence-electron chi connectivity index (χ0n) is 12.9. The van der Waals surface area contributed by atoms with Crippen molar-refractivity contribution in [3.63, 3.8) is 0 Å². The number of rotatable bonds is 11. The molecule has 0 aliphatic rings. The number of carbonyl (C=O) groups excluding carboxylic acids is 1. The third-order valence-corrected chi connectivity index (χ3v) is 3.36. The van der Waals surface area contributed by atoms with Gasteiger partial charge in [-0.3, -0.25) is 10.1 Å². The van der Waals surface area contributed by atoms with Crippen LogP contribution in [-0.4, -0.2) is 38.9 Å². The summed E-state index contributed by atoms with van der Waals surface area (Å²) in [7, 11) is 0. The Kier molecular flexibility index (Phi) is 7.97. The van der Waals surface area contributed by atoms with E-state index in [9.17, 15) is 4.79 Å². The number of nitrogens with one attached hydrogen (secondary N) is 1. The highest BCUT2D eigenvalue weighted by Gasteiger charge is 2.37. The van der Waals surface area contributed by atoms with E-state index >= 15 is 0 Å². The Morgan fingerprint density at radius 2 is 1.81 bits per heavy atom. The second kappa shape index (κ2) is 9.50. The maximum Gasteiger partial charge on any atom is 0.242 e. The summed E-state index contributed by atoms with van der Waals surface area (Å²) in [6.45, 7) is 6.75. The zero-order valence-corrected chi connectivity index (χ0v) is 12.9. The largest absolute Gasteiger partial charge is 0.379 e. The molecule has 1 amide bonds. The number of carbonyl (C=O) groups is 1. The smallest absolute Gasteiger partial charge is 0.242 e. The predicted octanol–water partition coefficient (Wildman–Crippen LogP) is 1.42. The molecule has 0 fully saturated rings. The molecule has 0 radical (unpaired) electrons. The van der Waals surface area contributed by atoms with Crippen LogP contribution in [0.15, 0.2) is 30.3 Å². The van der Waals surface area contributed by atoms with Gasteiger partial charge in [-0.2, -0.15) is 0 Å². The summed E-state index contributed by atoms with van der Waals surface area (Å²) in [4.78, 5) is 12.1. The summed E-state index contributed by atoms with van der Waals surface area (Å²) in [5.74, 6) is -0.385. The van der Waals surface area contributed by atoms with E-state index in [2.05, 4.69) is 5.32 Å². The third-order valence-electron chi connectivity index (χ3n) is 3.36. The van der Waals surface area contributed by atoms with Crippen molar-refractivity contribution in [2.75, 3.05) is 33.0 Å². The van der Waals surface area contributed by atoms with Crippen LogP contribution < -0.4 is 11.1 Å². The molecule has 1 aromatic carbocycles. The van der Waals surface area contributed by atoms with E-state index < -0.39 is 5.54 Å². The van der Waals surface area contributed by atoms with Crippen LogP contribution in [0.2, 0.25) is 0 Å². The number of hydrogen-bond donors (Lipinski definition) is 2. The molecule has 5 heteroatoms. The van der Waals surface area contributed by atoms with Crippen LogP contribution in [0.1, 0.15) is 25.8 Å². The van der Waals surface area contributed by atoms with Crippen molar-refractivity contribution in [3.8, 4) is 0 Å². The fourth-order valence-electron chi connectivity index (χ4n) is 2.30. The van der Waals surface area contributed by atoms with Crippen molar-refractivity contribution in [3.05, 3.63) is 35.9 Å². The number of amides is 1. The van der Waals surface area contributed by atoms with Gasteiger partial charge in [-0.25, -0.2) is 0 Å². The first-order valence-electron chi connectivity index (χ1n) is 7.43. The molecule has 1 aromatic rings. The standard InChI is InChI=1S/C16H26N2O3/c1-3-18-16(15(17)19,14-8-6-5-7-9-14)10-11-21-13-12-20-4-2/h5-9,18H,3-4,10-13H2,1-2H3,(H2,17,19). The molecule has 0 aromatic heterocycles. The highest BCUT2D eigenvalue weighted by molar-refractivity contribution is 5.86. The molecular formula is C16H26N2O3. The molecule has 5 nitrogen and oxygen atoms in total. The third kappa shape index (κ3) is 5.12. The van der Waals surface area contributed by atoms with Gasteiger partial charge in [-0.15, -0.1) is 0 Å². The van der Waals surface area contributed by atoms with Crippen LogP contribution in [0.3, 0.4) is 0 Å². The summed E-state index contributed by atoms with van der Waals surface area (Å²) in [5.41, 5.74) is 5.65. The van der Waals surface area contributed by atoms with Crippen LogP contribution in [-0.2, 0) is 19.8 Å². The lowest BCUT2D eigenvalue weighted by molar-refractivity contribution is -0.125. The minimum absolute atomic E-state index is 0.385. The number of benzene rings is 1. The first-order chi connectivity index (χ1) is 10.2. The molecule has 1 unspecified atom stereocenters. The molecular weight excluding hydrogens is 268 g/mol. The average Bonchev–Trinajstić information content (AvgIpc) is 2.50. The van der Waals surface area contributed by atoms with E-state index in [1.54, 1.807) is 0 Å². The molecule has 0 saturated heterocycles. The lowest BCUT2D eigenvalue weighted by Crippen LogP contribution is -2.53. The van der Waals surface area contributed by atoms with Crippen molar-refractivity contribution >= 4 is 5.91 Å². The normalized spacial score (nSPS) is 13.8. The summed E-state index contributed by atoms with van der Waals surface area (Å²) < 4.78 is 10.7. The maximum absolute atomic E-state index is 12.1. The van der Waals surface area contributed by atoms with Gasteiger partial charge in [-0.1, -0.05) is 37.3 Å². The lowest BCUT2D eigenvalue weighted by Gasteiger charge is -2.32. The van der Waals surface area contributed by atoms with Crippen LogP contribution >= 0.6 is 0 Å². The van der Waals surface area contributed by atoms with Gasteiger partial charge in [0.25, 0.3) is 0 Å². The van der Waals surface area contributed by atoms with E-state index in [4.69, 9.17) is 15.2 Å². The molecule has 0 heterocycles. The zero-order chi connectivity index (χ0) is 15.6. The minimum Gasteiger partial charge on any atom is -0.379 e. The molecule has 0 bridgehead atoms. The quantitative estimate of drug-likeness (QED) is 0.605. The summed E-state index contributed by atoms with van der Waals surface area (Å²) in [5, 5.41) is 3.23. The Balaban J connectivity index is 2.71. The van der Waals surface area contributed by atoms with Gasteiger partial charge in [0.05, 0.1) is 13.2 Å². The highest BCUT2D eigenvalue weighted by atomic mass is 16.5. The topological polar surface area (TPSA) is 73.6 Å². The molecule has 1 rings (SSSR count). The summed E-state index contributed by atoms with van der Waals surface area (Å²) in [6.07, 6.45) is 0.492. The van der Waals surface area contributed by atoms with E-state index in [0.717, 1.165) is 5.56 Å². The molecule has 118 valence electrons. The van der Waals surface area contributed by atoms with Crippen molar-refractivity contribution in [2.45, 2.75) is 25.8 Å². The number of primary amides is 1. The Morgan fingerprint density at radius 3 is 2.38 bits per heavy atom. The molecule has 0 aliphatic carbocycles. The SMILES string of the molecule is CCNC(CCOCCOCC)(C(N)=O)c1ccccc1. The van der Waals surface area contributed by atoms with E-state index in [1.807, 2.05) is 44.2 Å². The van der Waals surface area contributed by atoms with Gasteiger partial charge >= 0.3 is 0 Å². The Morgan fingerprint density at radius 1 is 1.14 bits per heavy atom. The van der Waals surface area contributed by atoms with Crippen LogP contribution in [0, 0.1) is 0 Å². The highest BCUT2D eigenvalue weighted by Crippen LogP contribution is 2.25. The first kappa shape index (κ1) is 17.6. The lowest BCUT2D eigenvalue weighted by atomic mass is 9.86. The second-order valence-corrected chi connectivity index (χ2v) is 4.73. The van der Waals surface area contributed by atoms with Crippen LogP contribution in [0.4, 0.5) is 0 Å². The number of ether oxygens (including phenoxy) is 2. The maximum atomic E-state index is 12.1. The summed E-state index contributed by atoms with van der Waals surface area (Å²) in [6, 6.07) is 9.54. The molecule has 21 heavy (non-hydrogen) atoms. The fourth-order valence-corrected chi connectivity index (χ4v) is 2.30. The Hall–Kier alpha value is -1.43. The van der Waals surface area contributed by atoms with Crippen molar-refractivity contribution < 1.29 is 14.3 Å². The molecule has 0 saturated carbocycles. The Labute approximate surface area is 126 Å². The minimum atomic E-state index is -0.887. The van der Waals surface area contributed by atoms with E-state index in [1.165, 1.54) is 0 Å². The number of nitrogens with two attached hydrogens (primary N) is 1.